The number of morpholine rings is 1. The van der Waals surface area contributed by atoms with Gasteiger partial charge in [0.2, 0.25) is 0 Å². The second kappa shape index (κ2) is 14.1. The lowest BCUT2D eigenvalue weighted by molar-refractivity contribution is -0.0936. The molecule has 4 heteroatoms. The largest absolute Gasteiger partial charge is 0.373 e. The van der Waals surface area contributed by atoms with Crippen LogP contribution in [0, 0.1) is 11.3 Å². The Morgan fingerprint density at radius 2 is 1.70 bits per heavy atom. The average Bonchev–Trinajstić information content (AvgIpc) is 3.17. The molecule has 3 heterocycles. The molecule has 2 unspecified atom stereocenters. The number of fused-ring (bicyclic) bond motifs is 2. The van der Waals surface area contributed by atoms with Crippen molar-refractivity contribution in [2.45, 2.75) is 118 Å². The molecule has 3 aliphatic heterocycles. The lowest BCUT2D eigenvalue weighted by Crippen LogP contribution is -2.50. The molecule has 5 fully saturated rings. The number of piperidine rings is 2. The van der Waals surface area contributed by atoms with Gasteiger partial charge >= 0.3 is 0 Å². The molecule has 0 aromatic carbocycles. The molecule has 2 aliphatic carbocycles. The highest BCUT2D eigenvalue weighted by Gasteiger charge is 2.42. The molecule has 180 valence electrons. The van der Waals surface area contributed by atoms with Crippen LogP contribution in [0.2, 0.25) is 0 Å². The summed E-state index contributed by atoms with van der Waals surface area (Å²) < 4.78 is 5.60. The van der Waals surface area contributed by atoms with Crippen molar-refractivity contribution in [3.8, 4) is 0 Å². The van der Waals surface area contributed by atoms with E-state index < -0.39 is 0 Å². The molecule has 0 aromatic heterocycles. The van der Waals surface area contributed by atoms with Gasteiger partial charge in [0.05, 0.1) is 12.2 Å². The quantitative estimate of drug-likeness (QED) is 0.584. The summed E-state index contributed by atoms with van der Waals surface area (Å²) >= 11 is 0. The van der Waals surface area contributed by atoms with Crippen LogP contribution in [0.3, 0.4) is 0 Å². The van der Waals surface area contributed by atoms with Gasteiger partial charge in [0.15, 0.2) is 0 Å². The maximum absolute atomic E-state index is 5.60. The first-order valence-electron chi connectivity index (χ1n) is 13.2. The van der Waals surface area contributed by atoms with Crippen LogP contribution in [0.4, 0.5) is 0 Å². The van der Waals surface area contributed by atoms with Crippen molar-refractivity contribution in [3.05, 3.63) is 0 Å². The summed E-state index contributed by atoms with van der Waals surface area (Å²) in [5, 5.41) is 6.89. The lowest BCUT2D eigenvalue weighted by Gasteiger charge is -2.40. The number of ether oxygens (including phenoxy) is 1. The summed E-state index contributed by atoms with van der Waals surface area (Å²) in [7, 11) is 0. The van der Waals surface area contributed by atoms with Crippen LogP contribution in [-0.2, 0) is 4.74 Å². The van der Waals surface area contributed by atoms with E-state index in [1.54, 1.807) is 0 Å². The number of nitrogens with zero attached hydrogens (tertiary/aromatic N) is 1. The normalized spacial score (nSPS) is 29.9. The molecule has 5 aliphatic rings. The van der Waals surface area contributed by atoms with Gasteiger partial charge in [0.25, 0.3) is 0 Å². The zero-order chi connectivity index (χ0) is 22.6. The highest BCUT2D eigenvalue weighted by molar-refractivity contribution is 4.96. The predicted octanol–water partition coefficient (Wildman–Crippen LogP) is 5.47. The molecule has 2 bridgehead atoms. The smallest absolute Gasteiger partial charge is 0.0753 e. The molecule has 2 N–H and O–H groups in total. The van der Waals surface area contributed by atoms with E-state index >= 15 is 0 Å². The minimum Gasteiger partial charge on any atom is -0.373 e. The van der Waals surface area contributed by atoms with Crippen molar-refractivity contribution >= 4 is 0 Å². The van der Waals surface area contributed by atoms with Crippen LogP contribution in [-0.4, -0.2) is 61.9 Å². The Morgan fingerprint density at radius 3 is 1.97 bits per heavy atom. The van der Waals surface area contributed by atoms with Gasteiger partial charge in [-0.2, -0.15) is 0 Å². The maximum Gasteiger partial charge on any atom is 0.0753 e. The third-order valence-electron chi connectivity index (χ3n) is 6.94. The molecular formula is C26H55N3O. The van der Waals surface area contributed by atoms with Crippen molar-refractivity contribution < 1.29 is 4.74 Å². The van der Waals surface area contributed by atoms with Crippen LogP contribution in [0.15, 0.2) is 0 Å². The van der Waals surface area contributed by atoms with Crippen LogP contribution >= 0.6 is 0 Å². The molecule has 3 saturated heterocycles. The van der Waals surface area contributed by atoms with Crippen molar-refractivity contribution in [1.82, 2.24) is 15.5 Å². The Labute approximate surface area is 189 Å². The number of hydrogen-bond donors (Lipinski definition) is 2. The van der Waals surface area contributed by atoms with Crippen molar-refractivity contribution in [1.29, 1.82) is 0 Å². The van der Waals surface area contributed by atoms with E-state index in [2.05, 4.69) is 43.2 Å². The molecule has 5 rings (SSSR count). The Bertz CT molecular complexity index is 408. The van der Waals surface area contributed by atoms with Gasteiger partial charge in [-0.05, 0) is 97.1 Å². The number of nitrogens with one attached hydrogen (secondary N) is 2. The molecule has 1 spiro atoms. The molecule has 0 aromatic rings. The first-order chi connectivity index (χ1) is 14.4. The second-order valence-electron chi connectivity index (χ2n) is 10.2. The van der Waals surface area contributed by atoms with E-state index in [0.717, 1.165) is 37.1 Å². The molecule has 30 heavy (non-hydrogen) atoms. The van der Waals surface area contributed by atoms with Gasteiger partial charge in [0.1, 0.15) is 0 Å². The molecular weight excluding hydrogens is 370 g/mol. The van der Waals surface area contributed by atoms with Crippen molar-refractivity contribution in [2.24, 2.45) is 11.3 Å². The lowest BCUT2D eigenvalue weighted by atomic mass is 9.97. The average molecular weight is 426 g/mol. The fourth-order valence-electron chi connectivity index (χ4n) is 4.91. The zero-order valence-corrected chi connectivity index (χ0v) is 21.8. The Hall–Kier alpha value is -0.160. The van der Waals surface area contributed by atoms with Crippen molar-refractivity contribution in [2.75, 3.05) is 39.3 Å². The fourth-order valence-corrected chi connectivity index (χ4v) is 4.91. The molecule has 0 amide bonds. The minimum absolute atomic E-state index is 0.0581. The summed E-state index contributed by atoms with van der Waals surface area (Å²) in [5.41, 5.74) is 0.876. The van der Waals surface area contributed by atoms with Crippen LogP contribution < -0.4 is 10.6 Å². The van der Waals surface area contributed by atoms with E-state index in [-0.39, 0.29) is 5.60 Å². The third-order valence-corrected chi connectivity index (χ3v) is 6.94. The summed E-state index contributed by atoms with van der Waals surface area (Å²) in [5.74, 6) is 1.06. The van der Waals surface area contributed by atoms with Crippen LogP contribution in [0.5, 0.6) is 0 Å². The summed E-state index contributed by atoms with van der Waals surface area (Å²) in [4.78, 5) is 2.46. The Kier molecular flexibility index (Phi) is 13.1. The minimum atomic E-state index is 0.0581. The van der Waals surface area contributed by atoms with E-state index in [1.165, 1.54) is 64.6 Å². The van der Waals surface area contributed by atoms with Gasteiger partial charge in [-0.1, -0.05) is 27.7 Å². The summed E-state index contributed by atoms with van der Waals surface area (Å²) in [6.45, 7) is 23.7. The number of rotatable bonds is 1. The van der Waals surface area contributed by atoms with Crippen LogP contribution in [0.25, 0.3) is 0 Å². The van der Waals surface area contributed by atoms with Gasteiger partial charge in [-0.3, -0.25) is 4.90 Å². The van der Waals surface area contributed by atoms with E-state index in [9.17, 15) is 0 Å². The molecule has 0 radical (unpaired) electrons. The number of hydrogen-bond acceptors (Lipinski definition) is 4. The SMILES string of the molecule is C1CC2CC1CN2.C1CNCC2(C1)CC2.CC.CC.CC(C)N1CCOC(C)(C)C1. The molecule has 4 nitrogen and oxygen atoms in total. The topological polar surface area (TPSA) is 36.5 Å². The van der Waals surface area contributed by atoms with Crippen molar-refractivity contribution in [3.63, 3.8) is 0 Å². The first-order valence-corrected chi connectivity index (χ1v) is 13.2. The Morgan fingerprint density at radius 1 is 1.00 bits per heavy atom. The Balaban J connectivity index is 0.000000211. The highest BCUT2D eigenvalue weighted by Crippen LogP contribution is 2.50. The first kappa shape index (κ1) is 27.9. The predicted molar refractivity (Wildman–Crippen MR) is 132 cm³/mol. The van der Waals surface area contributed by atoms with Gasteiger partial charge < -0.3 is 15.4 Å². The third kappa shape index (κ3) is 9.97. The van der Waals surface area contributed by atoms with Crippen LogP contribution in [0.1, 0.15) is 100 Å². The van der Waals surface area contributed by atoms with E-state index in [4.69, 9.17) is 4.74 Å². The summed E-state index contributed by atoms with van der Waals surface area (Å²) in [6.07, 6.45) is 10.3. The zero-order valence-electron chi connectivity index (χ0n) is 21.8. The molecule has 2 atom stereocenters. The monoisotopic (exact) mass is 425 g/mol. The van der Waals surface area contributed by atoms with Gasteiger partial charge in [0, 0.05) is 31.7 Å². The summed E-state index contributed by atoms with van der Waals surface area (Å²) in [6, 6.07) is 1.57. The standard InChI is InChI=1S/C9H19NO.C7H13N.C6H11N.2C2H6/c1-8(2)10-5-6-11-9(3,4)7-10;1-2-7(3-4-7)6-8-5-1;1-2-6-3-5(1)4-7-6;2*1-2/h8H,5-7H2,1-4H3;8H,1-6H2;5-7H,1-4H2;2*1-2H3. The fraction of sp³-hybridized carbons (Fsp3) is 1.00. The maximum atomic E-state index is 5.60. The van der Waals surface area contributed by atoms with E-state index in [0.29, 0.717) is 6.04 Å². The molecule has 2 saturated carbocycles. The highest BCUT2D eigenvalue weighted by atomic mass is 16.5. The van der Waals surface area contributed by atoms with Gasteiger partial charge in [-0.15, -0.1) is 0 Å². The second-order valence-corrected chi connectivity index (χ2v) is 10.2. The van der Waals surface area contributed by atoms with Gasteiger partial charge in [-0.25, -0.2) is 0 Å². The van der Waals surface area contributed by atoms with E-state index in [1.807, 2.05) is 27.7 Å².